The molecule has 0 saturated heterocycles. The molecule has 0 saturated carbocycles. The Morgan fingerprint density at radius 1 is 0.840 bits per heavy atom. The number of carboxylic acid groups (broad SMARTS) is 3. The summed E-state index contributed by atoms with van der Waals surface area (Å²) in [7, 11) is 0. The summed E-state index contributed by atoms with van der Waals surface area (Å²) in [6.45, 7) is 10.8. The van der Waals surface area contributed by atoms with Gasteiger partial charge in [-0.25, -0.2) is 14.4 Å². The van der Waals surface area contributed by atoms with Crippen molar-refractivity contribution in [1.82, 2.24) is 0 Å². The number of hydrogen-bond donors (Lipinski definition) is 3. The molecule has 0 aromatic heterocycles. The van der Waals surface area contributed by atoms with E-state index in [0.717, 1.165) is 5.56 Å². The largest absolute Gasteiger partial charge is 0.478 e. The molecule has 1 rings (SSSR count). The number of carboxylic acids is 3. The van der Waals surface area contributed by atoms with E-state index >= 15 is 0 Å². The molecule has 0 bridgehead atoms. The van der Waals surface area contributed by atoms with Gasteiger partial charge in [-0.3, -0.25) is 0 Å². The Bertz CT molecular complexity index is 593. The Kier molecular flexibility index (Phi) is 12.8. The lowest BCUT2D eigenvalue weighted by atomic mass is 10.1. The van der Waals surface area contributed by atoms with Gasteiger partial charge in [0.25, 0.3) is 0 Å². The summed E-state index contributed by atoms with van der Waals surface area (Å²) < 4.78 is 0. The SMILES string of the molecule is C=C(C)C(=O)O.C=C(C)C(=O)O.CC(=CCc1ccccc1)C(=O)O. The summed E-state index contributed by atoms with van der Waals surface area (Å²) in [4.78, 5) is 29.7. The van der Waals surface area contributed by atoms with Gasteiger partial charge in [-0.2, -0.15) is 0 Å². The Morgan fingerprint density at radius 3 is 1.48 bits per heavy atom. The van der Waals surface area contributed by atoms with E-state index in [-0.39, 0.29) is 11.1 Å². The first kappa shape index (κ1) is 24.1. The van der Waals surface area contributed by atoms with E-state index < -0.39 is 17.9 Å². The highest BCUT2D eigenvalue weighted by molar-refractivity contribution is 5.86. The Balaban J connectivity index is 0. The fraction of sp³-hybridized carbons (Fsp3) is 0.211. The van der Waals surface area contributed by atoms with Crippen molar-refractivity contribution in [1.29, 1.82) is 0 Å². The smallest absolute Gasteiger partial charge is 0.330 e. The van der Waals surface area contributed by atoms with Crippen molar-refractivity contribution in [3.63, 3.8) is 0 Å². The normalized spacial score (nSPS) is 9.48. The van der Waals surface area contributed by atoms with Crippen LogP contribution < -0.4 is 0 Å². The van der Waals surface area contributed by atoms with Crippen LogP contribution in [0.25, 0.3) is 0 Å². The number of carbonyl (C=O) groups is 3. The van der Waals surface area contributed by atoms with E-state index in [1.54, 1.807) is 13.0 Å². The van der Waals surface area contributed by atoms with Gasteiger partial charge in [0.05, 0.1) is 0 Å². The highest BCUT2D eigenvalue weighted by Crippen LogP contribution is 2.02. The second kappa shape index (κ2) is 13.3. The van der Waals surface area contributed by atoms with Crippen molar-refractivity contribution >= 4 is 17.9 Å². The van der Waals surface area contributed by atoms with E-state index in [9.17, 15) is 14.4 Å². The average molecular weight is 348 g/mol. The fourth-order valence-electron chi connectivity index (χ4n) is 0.972. The lowest BCUT2D eigenvalue weighted by Gasteiger charge is -1.95. The van der Waals surface area contributed by atoms with E-state index in [0.29, 0.717) is 12.0 Å². The molecule has 0 spiro atoms. The maximum atomic E-state index is 10.5. The van der Waals surface area contributed by atoms with E-state index in [1.807, 2.05) is 30.3 Å². The van der Waals surface area contributed by atoms with Crippen molar-refractivity contribution in [3.8, 4) is 0 Å². The topological polar surface area (TPSA) is 112 Å². The van der Waals surface area contributed by atoms with Crippen LogP contribution in [0, 0.1) is 0 Å². The quantitative estimate of drug-likeness (QED) is 0.702. The first-order valence-corrected chi connectivity index (χ1v) is 7.20. The zero-order valence-electron chi connectivity index (χ0n) is 14.7. The third-order valence-corrected chi connectivity index (χ3v) is 2.55. The third kappa shape index (κ3) is 15.5. The van der Waals surface area contributed by atoms with Crippen LogP contribution in [-0.2, 0) is 20.8 Å². The van der Waals surface area contributed by atoms with Crippen LogP contribution in [-0.4, -0.2) is 33.2 Å². The Morgan fingerprint density at radius 2 is 1.20 bits per heavy atom. The van der Waals surface area contributed by atoms with E-state index in [2.05, 4.69) is 13.2 Å². The van der Waals surface area contributed by atoms with Gasteiger partial charge in [-0.1, -0.05) is 49.6 Å². The molecule has 6 nitrogen and oxygen atoms in total. The molecule has 25 heavy (non-hydrogen) atoms. The van der Waals surface area contributed by atoms with Crippen molar-refractivity contribution in [3.05, 3.63) is 71.8 Å². The van der Waals surface area contributed by atoms with Crippen molar-refractivity contribution in [2.45, 2.75) is 27.2 Å². The molecule has 3 N–H and O–H groups in total. The van der Waals surface area contributed by atoms with Crippen LogP contribution >= 0.6 is 0 Å². The first-order chi connectivity index (χ1) is 11.5. The van der Waals surface area contributed by atoms with Crippen molar-refractivity contribution < 1.29 is 29.7 Å². The molecule has 0 unspecified atom stereocenters. The lowest BCUT2D eigenvalue weighted by molar-refractivity contribution is -0.133. The minimum Gasteiger partial charge on any atom is -0.478 e. The first-order valence-electron chi connectivity index (χ1n) is 7.20. The van der Waals surface area contributed by atoms with Gasteiger partial charge in [-0.15, -0.1) is 0 Å². The Labute approximate surface area is 147 Å². The molecule has 0 aliphatic carbocycles. The lowest BCUT2D eigenvalue weighted by Crippen LogP contribution is -1.96. The summed E-state index contributed by atoms with van der Waals surface area (Å²) in [5, 5.41) is 24.4. The molecule has 1 aromatic rings. The van der Waals surface area contributed by atoms with Gasteiger partial charge in [0.2, 0.25) is 0 Å². The molecule has 0 atom stereocenters. The van der Waals surface area contributed by atoms with Crippen LogP contribution in [0.1, 0.15) is 26.3 Å². The van der Waals surface area contributed by atoms with Gasteiger partial charge in [0.1, 0.15) is 0 Å². The number of aliphatic carboxylic acids is 3. The zero-order chi connectivity index (χ0) is 20.0. The molecule has 6 heteroatoms. The molecule has 0 fully saturated rings. The van der Waals surface area contributed by atoms with Crippen LogP contribution in [0.15, 0.2) is 66.3 Å². The maximum absolute atomic E-state index is 10.5. The molecule has 0 radical (unpaired) electrons. The molecule has 0 amide bonds. The number of benzene rings is 1. The second-order valence-electron chi connectivity index (χ2n) is 5.05. The Hall–Kier alpha value is -3.15. The molecule has 0 aliphatic rings. The standard InChI is InChI=1S/C11H12O2.2C4H6O2/c1-9(11(12)13)7-8-10-5-3-2-4-6-10;2*1-3(2)4(5)6/h2-7H,8H2,1H3,(H,12,13);2*1H2,2H3,(H,5,6). The van der Waals surface area contributed by atoms with Gasteiger partial charge in [-0.05, 0) is 32.8 Å². The van der Waals surface area contributed by atoms with Gasteiger partial charge >= 0.3 is 17.9 Å². The van der Waals surface area contributed by atoms with Gasteiger partial charge < -0.3 is 15.3 Å². The predicted octanol–water partition coefficient (Wildman–Crippen LogP) is 3.55. The van der Waals surface area contributed by atoms with Crippen LogP contribution in [0.3, 0.4) is 0 Å². The maximum Gasteiger partial charge on any atom is 0.330 e. The molecular formula is C19H24O6. The van der Waals surface area contributed by atoms with Gasteiger partial charge in [0.15, 0.2) is 0 Å². The molecule has 0 heterocycles. The zero-order valence-corrected chi connectivity index (χ0v) is 14.7. The van der Waals surface area contributed by atoms with E-state index in [1.165, 1.54) is 13.8 Å². The highest BCUT2D eigenvalue weighted by Gasteiger charge is 1.98. The summed E-state index contributed by atoms with van der Waals surface area (Å²) in [6, 6.07) is 9.78. The molecule has 136 valence electrons. The summed E-state index contributed by atoms with van der Waals surface area (Å²) in [5.41, 5.74) is 1.87. The second-order valence-corrected chi connectivity index (χ2v) is 5.05. The number of rotatable bonds is 5. The minimum atomic E-state index is -0.935. The summed E-state index contributed by atoms with van der Waals surface area (Å²) in [5.74, 6) is -2.72. The number of hydrogen-bond acceptors (Lipinski definition) is 3. The molecule has 0 aliphatic heterocycles. The van der Waals surface area contributed by atoms with Gasteiger partial charge in [0, 0.05) is 16.7 Å². The predicted molar refractivity (Wildman–Crippen MR) is 96.4 cm³/mol. The monoisotopic (exact) mass is 348 g/mol. The molecular weight excluding hydrogens is 324 g/mol. The van der Waals surface area contributed by atoms with Crippen LogP contribution in [0.5, 0.6) is 0 Å². The summed E-state index contributed by atoms with van der Waals surface area (Å²) in [6.07, 6.45) is 2.40. The summed E-state index contributed by atoms with van der Waals surface area (Å²) >= 11 is 0. The number of allylic oxidation sites excluding steroid dienone is 1. The van der Waals surface area contributed by atoms with Crippen LogP contribution in [0.4, 0.5) is 0 Å². The third-order valence-electron chi connectivity index (χ3n) is 2.55. The molecule has 1 aromatic carbocycles. The highest BCUT2D eigenvalue weighted by atomic mass is 16.4. The van der Waals surface area contributed by atoms with E-state index in [4.69, 9.17) is 15.3 Å². The van der Waals surface area contributed by atoms with Crippen molar-refractivity contribution in [2.24, 2.45) is 0 Å². The van der Waals surface area contributed by atoms with Crippen LogP contribution in [0.2, 0.25) is 0 Å². The average Bonchev–Trinajstić information content (AvgIpc) is 2.54. The van der Waals surface area contributed by atoms with Crippen molar-refractivity contribution in [2.75, 3.05) is 0 Å². The minimum absolute atomic E-state index is 0.176. The fourth-order valence-corrected chi connectivity index (χ4v) is 0.972.